The summed E-state index contributed by atoms with van der Waals surface area (Å²) in [5.74, 6) is -5.01. The van der Waals surface area contributed by atoms with Crippen molar-refractivity contribution >= 4 is 16.8 Å². The zero-order chi connectivity index (χ0) is 24.2. The molecule has 0 saturated heterocycles. The van der Waals surface area contributed by atoms with Crippen LogP contribution in [0.5, 0.6) is 5.88 Å². The first kappa shape index (κ1) is 24.3. The van der Waals surface area contributed by atoms with Gasteiger partial charge < -0.3 is 20.3 Å². The average molecular weight is 471 g/mol. The van der Waals surface area contributed by atoms with E-state index in [0.29, 0.717) is 22.0 Å². The van der Waals surface area contributed by atoms with E-state index in [1.54, 1.807) is 25.3 Å². The molecule has 0 aliphatic heterocycles. The summed E-state index contributed by atoms with van der Waals surface area (Å²) in [5, 5.41) is 25.5. The number of rotatable bonds is 10. The largest absolute Gasteiger partial charge is 0.471 e. The number of fused-ring (bicyclic) bond motifs is 1. The second kappa shape index (κ2) is 10.1. The smallest absolute Gasteiger partial charge is 0.340 e. The van der Waals surface area contributed by atoms with Crippen molar-refractivity contribution in [1.29, 1.82) is 0 Å². The Balaban J connectivity index is 1.73. The standard InChI is InChI=1S/C20H21F4N5O4/c1-11-4-12(5-27-18(11)33-10-20(23,24)19(21)22)7-29-8-14-15(28-29)2-3-25-16(14)17(32)26-6-13(31)9-30/h2-5,8,13,19,30-31H,6-7,9-10H2,1H3,(H,26,32)/t13-/m0/s1. The maximum Gasteiger partial charge on any atom is 0.340 e. The third-order valence-electron chi connectivity index (χ3n) is 4.56. The first-order valence-corrected chi connectivity index (χ1v) is 9.74. The Bertz CT molecular complexity index is 1130. The predicted octanol–water partition coefficient (Wildman–Crippen LogP) is 1.55. The highest BCUT2D eigenvalue weighted by Crippen LogP contribution is 2.25. The van der Waals surface area contributed by atoms with Crippen LogP contribution in [0.25, 0.3) is 10.9 Å². The first-order valence-electron chi connectivity index (χ1n) is 9.74. The van der Waals surface area contributed by atoms with Crippen molar-refractivity contribution in [3.63, 3.8) is 0 Å². The number of nitrogens with one attached hydrogen (secondary N) is 1. The lowest BCUT2D eigenvalue weighted by molar-refractivity contribution is -0.148. The number of hydrogen-bond donors (Lipinski definition) is 3. The van der Waals surface area contributed by atoms with Crippen LogP contribution < -0.4 is 10.1 Å². The molecule has 0 aromatic carbocycles. The van der Waals surface area contributed by atoms with E-state index in [4.69, 9.17) is 9.84 Å². The van der Waals surface area contributed by atoms with Gasteiger partial charge in [-0.3, -0.25) is 14.5 Å². The van der Waals surface area contributed by atoms with Crippen molar-refractivity contribution in [3.8, 4) is 5.88 Å². The van der Waals surface area contributed by atoms with Gasteiger partial charge in [0.1, 0.15) is 5.69 Å². The fraction of sp³-hybridized carbons (Fsp3) is 0.400. The third-order valence-corrected chi connectivity index (χ3v) is 4.56. The Morgan fingerprint density at radius 1 is 1.33 bits per heavy atom. The maximum absolute atomic E-state index is 13.1. The van der Waals surface area contributed by atoms with Crippen molar-refractivity contribution in [1.82, 2.24) is 25.1 Å². The average Bonchev–Trinajstić information content (AvgIpc) is 3.18. The number of halogens is 4. The van der Waals surface area contributed by atoms with Crippen molar-refractivity contribution in [3.05, 3.63) is 47.5 Å². The molecule has 13 heteroatoms. The summed E-state index contributed by atoms with van der Waals surface area (Å²) >= 11 is 0. The number of amides is 1. The molecule has 0 radical (unpaired) electrons. The SMILES string of the molecule is Cc1cc(Cn2cc3c(C(=O)NC[C@H](O)CO)nccc3n2)cnc1OCC(F)(F)C(F)F. The Morgan fingerprint density at radius 3 is 2.76 bits per heavy atom. The molecule has 0 spiro atoms. The lowest BCUT2D eigenvalue weighted by Crippen LogP contribution is -2.34. The highest BCUT2D eigenvalue weighted by atomic mass is 19.3. The van der Waals surface area contributed by atoms with E-state index in [1.807, 2.05) is 0 Å². The van der Waals surface area contributed by atoms with Crippen LogP contribution in [-0.4, -0.2) is 74.1 Å². The summed E-state index contributed by atoms with van der Waals surface area (Å²) in [6, 6.07) is 3.20. The number of pyridine rings is 2. The Hall–Kier alpha value is -3.32. The van der Waals surface area contributed by atoms with E-state index < -0.39 is 37.6 Å². The zero-order valence-corrected chi connectivity index (χ0v) is 17.4. The van der Waals surface area contributed by atoms with Crippen molar-refractivity contribution < 1.29 is 37.3 Å². The molecular weight excluding hydrogens is 450 g/mol. The first-order chi connectivity index (χ1) is 15.6. The molecule has 9 nitrogen and oxygen atoms in total. The normalized spacial score (nSPS) is 12.8. The highest BCUT2D eigenvalue weighted by molar-refractivity contribution is 6.04. The molecule has 3 heterocycles. The monoisotopic (exact) mass is 471 g/mol. The molecule has 3 rings (SSSR count). The second-order valence-corrected chi connectivity index (χ2v) is 7.28. The number of aromatic nitrogens is 4. The molecule has 0 aliphatic rings. The molecule has 1 atom stereocenters. The van der Waals surface area contributed by atoms with Crippen molar-refractivity contribution in [2.45, 2.75) is 31.9 Å². The molecule has 33 heavy (non-hydrogen) atoms. The highest BCUT2D eigenvalue weighted by Gasteiger charge is 2.42. The van der Waals surface area contributed by atoms with Crippen LogP contribution in [0, 0.1) is 6.92 Å². The number of carbonyl (C=O) groups excluding carboxylic acids is 1. The molecule has 178 valence electrons. The molecule has 3 N–H and O–H groups in total. The summed E-state index contributed by atoms with van der Waals surface area (Å²) in [6.45, 7) is -0.388. The fourth-order valence-corrected chi connectivity index (χ4v) is 2.89. The lowest BCUT2D eigenvalue weighted by Gasteiger charge is -2.16. The van der Waals surface area contributed by atoms with Crippen LogP contribution in [-0.2, 0) is 6.54 Å². The molecule has 1 amide bonds. The Morgan fingerprint density at radius 2 is 2.09 bits per heavy atom. The van der Waals surface area contributed by atoms with E-state index >= 15 is 0 Å². The minimum absolute atomic E-state index is 0.0851. The van der Waals surface area contributed by atoms with Gasteiger partial charge in [-0.2, -0.15) is 13.9 Å². The number of aliphatic hydroxyl groups excluding tert-OH is 2. The van der Waals surface area contributed by atoms with E-state index in [9.17, 15) is 27.5 Å². The van der Waals surface area contributed by atoms with E-state index in [2.05, 4.69) is 20.4 Å². The molecule has 3 aromatic rings. The molecule has 0 fully saturated rings. The van der Waals surface area contributed by atoms with Crippen LogP contribution in [0.2, 0.25) is 0 Å². The van der Waals surface area contributed by atoms with Gasteiger partial charge >= 0.3 is 12.3 Å². The van der Waals surface area contributed by atoms with E-state index in [-0.39, 0.29) is 24.7 Å². The number of nitrogens with zero attached hydrogens (tertiary/aromatic N) is 4. The van der Waals surface area contributed by atoms with Crippen LogP contribution in [0.1, 0.15) is 21.6 Å². The number of hydrogen-bond acceptors (Lipinski definition) is 7. The van der Waals surface area contributed by atoms with Gasteiger partial charge in [-0.15, -0.1) is 0 Å². The topological polar surface area (TPSA) is 122 Å². The quantitative estimate of drug-likeness (QED) is 0.384. The summed E-state index contributed by atoms with van der Waals surface area (Å²) in [5.41, 5.74) is 1.57. The fourth-order valence-electron chi connectivity index (χ4n) is 2.89. The number of carbonyl (C=O) groups is 1. The number of aliphatic hydroxyl groups is 2. The number of alkyl halides is 4. The van der Waals surface area contributed by atoms with Gasteiger partial charge in [-0.05, 0) is 24.6 Å². The van der Waals surface area contributed by atoms with Crippen molar-refractivity contribution in [2.24, 2.45) is 0 Å². The van der Waals surface area contributed by atoms with Gasteiger partial charge in [-0.1, -0.05) is 0 Å². The molecule has 0 unspecified atom stereocenters. The molecular formula is C20H21F4N5O4. The summed E-state index contributed by atoms with van der Waals surface area (Å²) in [6.07, 6.45) is -0.600. The van der Waals surface area contributed by atoms with Crippen LogP contribution >= 0.6 is 0 Å². The van der Waals surface area contributed by atoms with Crippen LogP contribution in [0.4, 0.5) is 17.6 Å². The van der Waals surface area contributed by atoms with Gasteiger partial charge in [0.2, 0.25) is 5.88 Å². The molecule has 0 bridgehead atoms. The minimum Gasteiger partial charge on any atom is -0.471 e. The van der Waals surface area contributed by atoms with Gasteiger partial charge in [0.25, 0.3) is 5.91 Å². The summed E-state index contributed by atoms with van der Waals surface area (Å²) in [7, 11) is 0. The molecule has 0 saturated carbocycles. The maximum atomic E-state index is 13.1. The number of aryl methyl sites for hydroxylation is 1. The van der Waals surface area contributed by atoms with Crippen molar-refractivity contribution in [2.75, 3.05) is 19.8 Å². The summed E-state index contributed by atoms with van der Waals surface area (Å²) in [4.78, 5) is 20.4. The molecule has 3 aromatic heterocycles. The predicted molar refractivity (Wildman–Crippen MR) is 107 cm³/mol. The van der Waals surface area contributed by atoms with E-state index in [0.717, 1.165) is 0 Å². The number of ether oxygens (including phenoxy) is 1. The Kier molecular flexibility index (Phi) is 7.43. The lowest BCUT2D eigenvalue weighted by atomic mass is 10.2. The third kappa shape index (κ3) is 5.93. The van der Waals surface area contributed by atoms with Gasteiger partial charge in [0.15, 0.2) is 6.61 Å². The van der Waals surface area contributed by atoms with Gasteiger partial charge in [-0.25, -0.2) is 13.8 Å². The van der Waals surface area contributed by atoms with Crippen LogP contribution in [0.15, 0.2) is 30.7 Å². The van der Waals surface area contributed by atoms with Crippen LogP contribution in [0.3, 0.4) is 0 Å². The zero-order valence-electron chi connectivity index (χ0n) is 17.4. The van der Waals surface area contributed by atoms with Gasteiger partial charge in [0.05, 0.1) is 30.2 Å². The van der Waals surface area contributed by atoms with Gasteiger partial charge in [0, 0.05) is 30.7 Å². The molecule has 0 aliphatic carbocycles. The summed E-state index contributed by atoms with van der Waals surface area (Å²) < 4.78 is 56.9. The minimum atomic E-state index is -4.28. The van der Waals surface area contributed by atoms with E-state index in [1.165, 1.54) is 17.1 Å². The Labute approximate surface area is 185 Å². The second-order valence-electron chi connectivity index (χ2n) is 7.28.